The summed E-state index contributed by atoms with van der Waals surface area (Å²) in [5.74, 6) is -0.245. The summed E-state index contributed by atoms with van der Waals surface area (Å²) in [5.41, 5.74) is 6.68. The van der Waals surface area contributed by atoms with E-state index in [1.807, 2.05) is 18.2 Å². The zero-order chi connectivity index (χ0) is 14.7. The van der Waals surface area contributed by atoms with Crippen molar-refractivity contribution in [1.29, 1.82) is 0 Å². The van der Waals surface area contributed by atoms with Crippen LogP contribution in [0.4, 0.5) is 4.39 Å². The summed E-state index contributed by atoms with van der Waals surface area (Å²) in [6.07, 6.45) is 3.96. The number of hydrogen-bond donors (Lipinski definition) is 1. The molecule has 0 fully saturated rings. The first-order valence-electron chi connectivity index (χ1n) is 6.66. The Kier molecular flexibility index (Phi) is 4.32. The van der Waals surface area contributed by atoms with Crippen LogP contribution < -0.4 is 14.4 Å². The van der Waals surface area contributed by atoms with Gasteiger partial charge in [0.05, 0.1) is 0 Å². The van der Waals surface area contributed by atoms with Crippen molar-refractivity contribution in [2.45, 2.75) is 12.5 Å². The third-order valence-corrected chi connectivity index (χ3v) is 5.81. The van der Waals surface area contributed by atoms with Crippen molar-refractivity contribution in [2.24, 2.45) is 10.9 Å². The van der Waals surface area contributed by atoms with Crippen molar-refractivity contribution in [2.75, 3.05) is 6.54 Å². The van der Waals surface area contributed by atoms with Crippen molar-refractivity contribution in [1.82, 2.24) is 4.98 Å². The van der Waals surface area contributed by atoms with Crippen molar-refractivity contribution in [3.63, 3.8) is 0 Å². The van der Waals surface area contributed by atoms with Gasteiger partial charge in [-0.25, -0.2) is 0 Å². The first kappa shape index (κ1) is 14.2. The topological polar surface area (TPSA) is 60.5 Å². The molecule has 21 heavy (non-hydrogen) atoms. The monoisotopic (exact) mass is 347 g/mol. The van der Waals surface area contributed by atoms with Crippen LogP contribution in [0.15, 0.2) is 47.9 Å². The Morgan fingerprint density at radius 3 is 2.71 bits per heavy atom. The van der Waals surface area contributed by atoms with Gasteiger partial charge in [-0.1, -0.05) is 0 Å². The Bertz CT molecular complexity index is 663. The van der Waals surface area contributed by atoms with Gasteiger partial charge in [-0.3, -0.25) is 0 Å². The number of oxime groups is 1. The third-order valence-electron chi connectivity index (χ3n) is 3.24. The molecule has 3 rings (SSSR count). The number of hydrogen-bond acceptors (Lipinski definition) is 4. The average Bonchev–Trinajstić information content (AvgIpc) is 2.97. The fourth-order valence-electron chi connectivity index (χ4n) is 2.14. The van der Waals surface area contributed by atoms with E-state index in [1.54, 1.807) is 24.5 Å². The maximum absolute atomic E-state index is 14.3. The quantitative estimate of drug-likeness (QED) is 0.796. The molecular weight excluding hydrogens is 332 g/mol. The number of aromatic nitrogens is 1. The van der Waals surface area contributed by atoms with E-state index in [4.69, 9.17) is 10.6 Å². The number of nitrogens with two attached hydrogens (primary N) is 1. The van der Waals surface area contributed by atoms with Crippen molar-refractivity contribution in [3.8, 4) is 0 Å². The summed E-state index contributed by atoms with van der Waals surface area (Å²) in [5, 5.41) is 3.93. The van der Waals surface area contributed by atoms with Crippen LogP contribution in [0.2, 0.25) is 0 Å². The van der Waals surface area contributed by atoms with Gasteiger partial charge in [-0.05, 0) is 0 Å². The molecule has 2 unspecified atom stereocenters. The van der Waals surface area contributed by atoms with Crippen molar-refractivity contribution >= 4 is 30.2 Å². The minimum absolute atomic E-state index is 0.135. The number of pyridine rings is 1. The molecule has 1 aromatic heterocycles. The zero-order valence-electron chi connectivity index (χ0n) is 11.3. The molecule has 0 bridgehead atoms. The second-order valence-corrected chi connectivity index (χ2v) is 7.71. The Hall–Kier alpha value is -1.71. The molecule has 6 heteroatoms. The Labute approximate surface area is 128 Å². The average molecular weight is 347 g/mol. The summed E-state index contributed by atoms with van der Waals surface area (Å²) >= 11 is -0.544. The molecule has 0 aliphatic carbocycles. The number of benzene rings is 1. The molecular formula is C15H15AsFN3O. The zero-order valence-corrected chi connectivity index (χ0v) is 13.4. The number of rotatable bonds is 4. The van der Waals surface area contributed by atoms with E-state index in [2.05, 4.69) is 10.1 Å². The predicted octanol–water partition coefficient (Wildman–Crippen LogP) is 0.0597. The van der Waals surface area contributed by atoms with Crippen LogP contribution in [0.25, 0.3) is 0 Å². The normalized spacial score (nSPS) is 18.0. The van der Waals surface area contributed by atoms with Gasteiger partial charge in [-0.15, -0.1) is 0 Å². The van der Waals surface area contributed by atoms with E-state index in [-0.39, 0.29) is 11.9 Å². The molecule has 1 aliphatic heterocycles. The maximum atomic E-state index is 14.3. The predicted molar refractivity (Wildman–Crippen MR) is 82.1 cm³/mol. The van der Waals surface area contributed by atoms with Gasteiger partial charge in [0.15, 0.2) is 0 Å². The van der Waals surface area contributed by atoms with E-state index < -0.39 is 15.8 Å². The summed E-state index contributed by atoms with van der Waals surface area (Å²) in [6, 6.07) is 9.32. The van der Waals surface area contributed by atoms with Gasteiger partial charge in [0.1, 0.15) is 0 Å². The molecule has 0 saturated heterocycles. The second-order valence-electron chi connectivity index (χ2n) is 4.76. The fraction of sp³-hybridized carbons (Fsp3) is 0.200. The van der Waals surface area contributed by atoms with Crippen LogP contribution in [-0.2, 0) is 4.84 Å². The Morgan fingerprint density at radius 2 is 2.05 bits per heavy atom. The van der Waals surface area contributed by atoms with Crippen LogP contribution in [0.5, 0.6) is 0 Å². The number of nitrogens with zero attached hydrogens (tertiary/aromatic N) is 2. The van der Waals surface area contributed by atoms with Gasteiger partial charge < -0.3 is 0 Å². The summed E-state index contributed by atoms with van der Waals surface area (Å²) in [7, 11) is 0. The summed E-state index contributed by atoms with van der Waals surface area (Å²) in [6.45, 7) is 0.390. The summed E-state index contributed by atoms with van der Waals surface area (Å²) in [4.78, 5) is 9.14. The van der Waals surface area contributed by atoms with Gasteiger partial charge in [-0.2, -0.15) is 0 Å². The molecule has 4 nitrogen and oxygen atoms in total. The molecule has 0 spiro atoms. The van der Waals surface area contributed by atoms with E-state index in [0.29, 0.717) is 24.2 Å². The van der Waals surface area contributed by atoms with Crippen molar-refractivity contribution in [3.05, 3.63) is 54.1 Å². The molecule has 2 aromatic rings. The standard InChI is InChI=1S/C15H15AsFN3O/c17-14-7-11(16-10-3-5-19-6-4-10)1-2-13(14)15-8-12(9-18)21-20-15/h1-7,12,16H,8-9,18H2. The molecule has 2 atom stereocenters. The van der Waals surface area contributed by atoms with Gasteiger partial charge in [0.25, 0.3) is 0 Å². The molecule has 0 radical (unpaired) electrons. The Morgan fingerprint density at radius 1 is 1.24 bits per heavy atom. The molecule has 0 saturated carbocycles. The third kappa shape index (κ3) is 3.31. The second kappa shape index (κ2) is 6.37. The van der Waals surface area contributed by atoms with Crippen LogP contribution >= 0.6 is 0 Å². The van der Waals surface area contributed by atoms with Crippen LogP contribution in [0.3, 0.4) is 0 Å². The Balaban J connectivity index is 1.77. The first-order valence-corrected chi connectivity index (χ1v) is 8.76. The van der Waals surface area contributed by atoms with E-state index in [1.165, 1.54) is 4.35 Å². The van der Waals surface area contributed by atoms with E-state index >= 15 is 0 Å². The molecule has 2 N–H and O–H groups in total. The molecule has 2 heterocycles. The molecule has 108 valence electrons. The number of halogens is 1. The SMILES string of the molecule is NCC1CC(c2ccc([AsH]c3ccncc3)cc2F)=NO1. The van der Waals surface area contributed by atoms with E-state index in [9.17, 15) is 4.39 Å². The van der Waals surface area contributed by atoms with Gasteiger partial charge >= 0.3 is 128 Å². The van der Waals surface area contributed by atoms with Crippen LogP contribution in [-0.4, -0.2) is 39.1 Å². The first-order chi connectivity index (χ1) is 10.3. The summed E-state index contributed by atoms with van der Waals surface area (Å²) < 4.78 is 16.5. The minimum atomic E-state index is -0.544. The van der Waals surface area contributed by atoms with Crippen LogP contribution in [0, 0.1) is 5.82 Å². The van der Waals surface area contributed by atoms with Gasteiger partial charge in [0, 0.05) is 0 Å². The van der Waals surface area contributed by atoms with Crippen molar-refractivity contribution < 1.29 is 9.23 Å². The molecule has 0 amide bonds. The van der Waals surface area contributed by atoms with Crippen LogP contribution in [0.1, 0.15) is 12.0 Å². The molecule has 1 aliphatic rings. The van der Waals surface area contributed by atoms with E-state index in [0.717, 1.165) is 4.35 Å². The van der Waals surface area contributed by atoms with Gasteiger partial charge in [0.2, 0.25) is 0 Å². The fourth-order valence-corrected chi connectivity index (χ4v) is 4.27. The molecule has 1 aromatic carbocycles.